The number of hydrogen-bond donors (Lipinski definition) is 2. The number of anilines is 1. The molecule has 1 unspecified atom stereocenters. The Morgan fingerprint density at radius 3 is 2.65 bits per heavy atom. The van der Waals surface area contributed by atoms with E-state index in [1.807, 2.05) is 24.3 Å². The first-order valence-electron chi connectivity index (χ1n) is 6.67. The summed E-state index contributed by atoms with van der Waals surface area (Å²) in [5, 5.41) is 2.41. The average Bonchev–Trinajstić information content (AvgIpc) is 2.49. The molecule has 0 spiro atoms. The first-order valence-corrected chi connectivity index (χ1v) is 6.67. The number of rotatable bonds is 3. The summed E-state index contributed by atoms with van der Waals surface area (Å²) in [6, 6.07) is 16.2. The van der Waals surface area contributed by atoms with Crippen molar-refractivity contribution in [3.63, 3.8) is 0 Å². The highest BCUT2D eigenvalue weighted by atomic mass is 14.7. The molecule has 2 aromatic carbocycles. The molecule has 4 N–H and O–H groups in total. The third kappa shape index (κ3) is 2.36. The van der Waals surface area contributed by atoms with E-state index >= 15 is 0 Å². The van der Waals surface area contributed by atoms with Crippen LogP contribution in [0.25, 0.3) is 10.8 Å². The minimum absolute atomic E-state index is 0.0902. The van der Waals surface area contributed by atoms with Crippen LogP contribution in [-0.2, 0) is 6.42 Å². The highest BCUT2D eigenvalue weighted by Gasteiger charge is 2.12. The van der Waals surface area contributed by atoms with Crippen molar-refractivity contribution in [3.05, 3.63) is 72.1 Å². The summed E-state index contributed by atoms with van der Waals surface area (Å²) < 4.78 is 0. The Bertz CT molecular complexity index is 732. The molecule has 0 aliphatic carbocycles. The molecule has 0 fully saturated rings. The summed E-state index contributed by atoms with van der Waals surface area (Å²) in [4.78, 5) is 4.12. The van der Waals surface area contributed by atoms with Crippen LogP contribution in [0.15, 0.2) is 60.9 Å². The maximum Gasteiger partial charge on any atom is 0.0378 e. The second kappa shape index (κ2) is 5.31. The number of hydrogen-bond acceptors (Lipinski definition) is 3. The van der Waals surface area contributed by atoms with Crippen molar-refractivity contribution < 1.29 is 0 Å². The van der Waals surface area contributed by atoms with Gasteiger partial charge in [-0.2, -0.15) is 0 Å². The first kappa shape index (κ1) is 12.6. The smallest absolute Gasteiger partial charge is 0.0378 e. The Balaban J connectivity index is 1.97. The van der Waals surface area contributed by atoms with Crippen molar-refractivity contribution in [2.45, 2.75) is 12.5 Å². The van der Waals surface area contributed by atoms with Crippen molar-refractivity contribution in [1.29, 1.82) is 0 Å². The fourth-order valence-electron chi connectivity index (χ4n) is 2.53. The second-order valence-corrected chi connectivity index (χ2v) is 4.95. The van der Waals surface area contributed by atoms with Crippen LogP contribution in [-0.4, -0.2) is 4.98 Å². The highest BCUT2D eigenvalue weighted by Crippen LogP contribution is 2.26. The van der Waals surface area contributed by atoms with Crippen molar-refractivity contribution >= 4 is 16.5 Å². The van der Waals surface area contributed by atoms with Crippen LogP contribution in [0.2, 0.25) is 0 Å². The summed E-state index contributed by atoms with van der Waals surface area (Å²) in [6.45, 7) is 0. The highest BCUT2D eigenvalue weighted by molar-refractivity contribution is 5.86. The predicted octanol–water partition coefficient (Wildman–Crippen LogP) is 3.06. The Morgan fingerprint density at radius 2 is 1.80 bits per heavy atom. The molecule has 1 aromatic heterocycles. The van der Waals surface area contributed by atoms with Gasteiger partial charge in [-0.25, -0.2) is 0 Å². The number of aromatic nitrogens is 1. The number of nitrogens with zero attached hydrogens (tertiary/aromatic N) is 1. The van der Waals surface area contributed by atoms with Crippen LogP contribution in [0.4, 0.5) is 5.69 Å². The predicted molar refractivity (Wildman–Crippen MR) is 83.2 cm³/mol. The summed E-state index contributed by atoms with van der Waals surface area (Å²) in [7, 11) is 0. The quantitative estimate of drug-likeness (QED) is 0.763. The maximum absolute atomic E-state index is 6.38. The van der Waals surface area contributed by atoms with Crippen LogP contribution < -0.4 is 11.5 Å². The van der Waals surface area contributed by atoms with E-state index in [0.29, 0.717) is 6.42 Å². The molecule has 3 rings (SSSR count). The molecule has 3 aromatic rings. The first-order chi connectivity index (χ1) is 9.75. The molecule has 0 amide bonds. The van der Waals surface area contributed by atoms with Gasteiger partial charge in [0.25, 0.3) is 0 Å². The Hall–Kier alpha value is -2.39. The molecule has 0 aliphatic heterocycles. The largest absolute Gasteiger partial charge is 0.398 e. The van der Waals surface area contributed by atoms with Crippen molar-refractivity contribution in [3.8, 4) is 0 Å². The molecule has 0 bridgehead atoms. The minimum Gasteiger partial charge on any atom is -0.398 e. The SMILES string of the molecule is Nc1ccncc1CC(N)c1cccc2ccccc12. The van der Waals surface area contributed by atoms with E-state index in [-0.39, 0.29) is 6.04 Å². The molecule has 0 saturated heterocycles. The van der Waals surface area contributed by atoms with Gasteiger partial charge in [-0.1, -0.05) is 42.5 Å². The molecule has 1 atom stereocenters. The van der Waals surface area contributed by atoms with Gasteiger partial charge in [0.15, 0.2) is 0 Å². The van der Waals surface area contributed by atoms with Crippen LogP contribution in [0.1, 0.15) is 17.2 Å². The zero-order valence-corrected chi connectivity index (χ0v) is 11.2. The lowest BCUT2D eigenvalue weighted by atomic mass is 9.95. The summed E-state index contributed by atoms with van der Waals surface area (Å²) in [5.74, 6) is 0. The summed E-state index contributed by atoms with van der Waals surface area (Å²) in [5.41, 5.74) is 15.2. The third-order valence-electron chi connectivity index (χ3n) is 3.60. The van der Waals surface area contributed by atoms with E-state index in [1.54, 1.807) is 12.4 Å². The topological polar surface area (TPSA) is 64.9 Å². The number of fused-ring (bicyclic) bond motifs is 1. The van der Waals surface area contributed by atoms with E-state index < -0.39 is 0 Å². The van der Waals surface area contributed by atoms with Gasteiger partial charge < -0.3 is 11.5 Å². The fourth-order valence-corrected chi connectivity index (χ4v) is 2.53. The average molecular weight is 263 g/mol. The van der Waals surface area contributed by atoms with E-state index in [2.05, 4.69) is 29.2 Å². The van der Waals surface area contributed by atoms with Gasteiger partial charge in [0.05, 0.1) is 0 Å². The minimum atomic E-state index is -0.0902. The molecule has 100 valence electrons. The van der Waals surface area contributed by atoms with Crippen LogP contribution >= 0.6 is 0 Å². The Kier molecular flexibility index (Phi) is 3.35. The van der Waals surface area contributed by atoms with Gasteiger partial charge in [0, 0.05) is 24.1 Å². The van der Waals surface area contributed by atoms with Gasteiger partial charge in [0.1, 0.15) is 0 Å². The lowest BCUT2D eigenvalue weighted by Gasteiger charge is -2.15. The van der Waals surface area contributed by atoms with Gasteiger partial charge in [0.2, 0.25) is 0 Å². The molecule has 3 nitrogen and oxygen atoms in total. The number of nitrogens with two attached hydrogens (primary N) is 2. The van der Waals surface area contributed by atoms with Gasteiger partial charge in [-0.05, 0) is 34.4 Å². The van der Waals surface area contributed by atoms with Gasteiger partial charge in [-0.15, -0.1) is 0 Å². The van der Waals surface area contributed by atoms with Crippen molar-refractivity contribution in [2.75, 3.05) is 5.73 Å². The van der Waals surface area contributed by atoms with E-state index in [4.69, 9.17) is 11.5 Å². The van der Waals surface area contributed by atoms with Gasteiger partial charge >= 0.3 is 0 Å². The maximum atomic E-state index is 6.38. The lowest BCUT2D eigenvalue weighted by Crippen LogP contribution is -2.14. The lowest BCUT2D eigenvalue weighted by molar-refractivity contribution is 0.727. The van der Waals surface area contributed by atoms with Crippen molar-refractivity contribution in [1.82, 2.24) is 4.98 Å². The van der Waals surface area contributed by atoms with Crippen molar-refractivity contribution in [2.24, 2.45) is 5.73 Å². The van der Waals surface area contributed by atoms with E-state index in [0.717, 1.165) is 16.8 Å². The van der Waals surface area contributed by atoms with Crippen LogP contribution in [0.3, 0.4) is 0 Å². The summed E-state index contributed by atoms with van der Waals surface area (Å²) >= 11 is 0. The fraction of sp³-hybridized carbons (Fsp3) is 0.118. The molecule has 3 heteroatoms. The molecule has 0 aliphatic rings. The normalized spacial score (nSPS) is 12.4. The second-order valence-electron chi connectivity index (χ2n) is 4.95. The number of benzene rings is 2. The molecular weight excluding hydrogens is 246 g/mol. The Labute approximate surface area is 118 Å². The standard InChI is InChI=1S/C17H17N3/c18-16-8-9-20-11-13(16)10-17(19)15-7-3-5-12-4-1-2-6-14(12)15/h1-9,11,17H,10,19H2,(H2,18,20). The Morgan fingerprint density at radius 1 is 1.00 bits per heavy atom. The molecule has 1 heterocycles. The van der Waals surface area contributed by atoms with E-state index in [9.17, 15) is 0 Å². The van der Waals surface area contributed by atoms with Crippen LogP contribution in [0.5, 0.6) is 0 Å². The summed E-state index contributed by atoms with van der Waals surface area (Å²) in [6.07, 6.45) is 4.18. The third-order valence-corrected chi connectivity index (χ3v) is 3.60. The van der Waals surface area contributed by atoms with E-state index in [1.165, 1.54) is 10.8 Å². The van der Waals surface area contributed by atoms with Crippen LogP contribution in [0, 0.1) is 0 Å². The zero-order chi connectivity index (χ0) is 13.9. The van der Waals surface area contributed by atoms with Gasteiger partial charge in [-0.3, -0.25) is 4.98 Å². The molecule has 20 heavy (non-hydrogen) atoms. The number of pyridine rings is 1. The molecule has 0 radical (unpaired) electrons. The molecule has 0 saturated carbocycles. The monoisotopic (exact) mass is 263 g/mol. The molecular formula is C17H17N3. The number of nitrogen functional groups attached to an aromatic ring is 1. The zero-order valence-electron chi connectivity index (χ0n) is 11.2.